The van der Waals surface area contributed by atoms with Crippen LogP contribution in [0.2, 0.25) is 0 Å². The van der Waals surface area contributed by atoms with E-state index in [9.17, 15) is 0 Å². The first-order valence-corrected chi connectivity index (χ1v) is 6.82. The lowest BCUT2D eigenvalue weighted by atomic mass is 10.1. The highest BCUT2D eigenvalue weighted by Gasteiger charge is 2.12. The summed E-state index contributed by atoms with van der Waals surface area (Å²) in [6, 6.07) is 0.754. The average Bonchev–Trinajstić information content (AvgIpc) is 2.80. The van der Waals surface area contributed by atoms with Crippen LogP contribution in [0.3, 0.4) is 0 Å². The van der Waals surface area contributed by atoms with Crippen LogP contribution in [0.25, 0.3) is 0 Å². The highest BCUT2D eigenvalue weighted by molar-refractivity contribution is 4.73. The Balaban J connectivity index is 1.71. The number of ether oxygens (including phenoxy) is 2. The van der Waals surface area contributed by atoms with Gasteiger partial charge in [-0.2, -0.15) is 0 Å². The van der Waals surface area contributed by atoms with Crippen molar-refractivity contribution in [3.05, 3.63) is 0 Å². The molecule has 1 saturated heterocycles. The average molecular weight is 229 g/mol. The summed E-state index contributed by atoms with van der Waals surface area (Å²) in [5, 5.41) is 3.50. The number of rotatable bonds is 10. The van der Waals surface area contributed by atoms with Crippen molar-refractivity contribution in [1.82, 2.24) is 5.32 Å². The van der Waals surface area contributed by atoms with Gasteiger partial charge in [0.2, 0.25) is 0 Å². The minimum atomic E-state index is 0.752. The van der Waals surface area contributed by atoms with Crippen LogP contribution >= 0.6 is 0 Å². The van der Waals surface area contributed by atoms with E-state index in [1.165, 1.54) is 38.6 Å². The summed E-state index contributed by atoms with van der Waals surface area (Å²) in [5.41, 5.74) is 0. The van der Waals surface area contributed by atoms with Gasteiger partial charge in [0.05, 0.1) is 13.2 Å². The van der Waals surface area contributed by atoms with Crippen LogP contribution in [0.5, 0.6) is 0 Å². The van der Waals surface area contributed by atoms with Gasteiger partial charge < -0.3 is 14.8 Å². The fraction of sp³-hybridized carbons (Fsp3) is 1.00. The lowest BCUT2D eigenvalue weighted by molar-refractivity contribution is 0.0449. The summed E-state index contributed by atoms with van der Waals surface area (Å²) in [6.07, 6.45) is 7.49. The molecule has 3 heteroatoms. The highest BCUT2D eigenvalue weighted by atomic mass is 16.5. The molecule has 16 heavy (non-hydrogen) atoms. The first-order chi connectivity index (χ1) is 7.93. The molecule has 1 atom stereocenters. The van der Waals surface area contributed by atoms with Gasteiger partial charge in [-0.25, -0.2) is 0 Å². The summed E-state index contributed by atoms with van der Waals surface area (Å²) >= 11 is 0. The van der Waals surface area contributed by atoms with Crippen LogP contribution in [0.1, 0.15) is 45.4 Å². The first kappa shape index (κ1) is 13.9. The van der Waals surface area contributed by atoms with Crippen molar-refractivity contribution in [3.8, 4) is 0 Å². The third-order valence-electron chi connectivity index (χ3n) is 3.02. The second-order valence-electron chi connectivity index (χ2n) is 4.51. The summed E-state index contributed by atoms with van der Waals surface area (Å²) in [4.78, 5) is 0. The first-order valence-electron chi connectivity index (χ1n) is 6.82. The SMILES string of the molecule is CCCCOCCOCCCC1CCCN1. The molecule has 0 aromatic heterocycles. The van der Waals surface area contributed by atoms with Crippen LogP contribution in [0.4, 0.5) is 0 Å². The van der Waals surface area contributed by atoms with Gasteiger partial charge in [0.15, 0.2) is 0 Å². The van der Waals surface area contributed by atoms with Crippen molar-refractivity contribution in [1.29, 1.82) is 0 Å². The zero-order chi connectivity index (χ0) is 11.5. The maximum absolute atomic E-state index is 5.52. The fourth-order valence-electron chi connectivity index (χ4n) is 2.00. The molecular weight excluding hydrogens is 202 g/mol. The van der Waals surface area contributed by atoms with Crippen molar-refractivity contribution in [2.45, 2.75) is 51.5 Å². The van der Waals surface area contributed by atoms with Crippen LogP contribution in [0.15, 0.2) is 0 Å². The Morgan fingerprint density at radius 2 is 1.81 bits per heavy atom. The van der Waals surface area contributed by atoms with Crippen LogP contribution in [-0.4, -0.2) is 39.0 Å². The Hall–Kier alpha value is -0.120. The largest absolute Gasteiger partial charge is 0.379 e. The van der Waals surface area contributed by atoms with Gasteiger partial charge in [-0.15, -0.1) is 0 Å². The Bertz CT molecular complexity index is 147. The second kappa shape index (κ2) is 10.1. The predicted molar refractivity (Wildman–Crippen MR) is 66.8 cm³/mol. The molecule has 96 valence electrons. The lowest BCUT2D eigenvalue weighted by Crippen LogP contribution is -2.21. The zero-order valence-corrected chi connectivity index (χ0v) is 10.7. The van der Waals surface area contributed by atoms with E-state index in [0.717, 1.165) is 38.9 Å². The quantitative estimate of drug-likeness (QED) is 0.583. The van der Waals surface area contributed by atoms with E-state index in [0.29, 0.717) is 0 Å². The maximum Gasteiger partial charge on any atom is 0.0700 e. The molecule has 0 saturated carbocycles. The minimum Gasteiger partial charge on any atom is -0.379 e. The van der Waals surface area contributed by atoms with Crippen molar-refractivity contribution in [3.63, 3.8) is 0 Å². The third kappa shape index (κ3) is 7.20. The Morgan fingerprint density at radius 3 is 2.44 bits per heavy atom. The number of unbranched alkanes of at least 4 members (excludes halogenated alkanes) is 1. The molecule has 1 aliphatic rings. The molecule has 0 amide bonds. The topological polar surface area (TPSA) is 30.5 Å². The summed E-state index contributed by atoms with van der Waals surface area (Å²) in [6.45, 7) is 6.65. The van der Waals surface area contributed by atoms with Gasteiger partial charge in [0.25, 0.3) is 0 Å². The van der Waals surface area contributed by atoms with Crippen LogP contribution < -0.4 is 5.32 Å². The molecule has 0 aliphatic carbocycles. The number of hydrogen-bond acceptors (Lipinski definition) is 3. The molecule has 0 bridgehead atoms. The third-order valence-corrected chi connectivity index (χ3v) is 3.02. The molecule has 0 spiro atoms. The van der Waals surface area contributed by atoms with E-state index in [1.807, 2.05) is 0 Å². The predicted octanol–water partition coefficient (Wildman–Crippen LogP) is 2.35. The van der Waals surface area contributed by atoms with E-state index in [1.54, 1.807) is 0 Å². The van der Waals surface area contributed by atoms with E-state index in [2.05, 4.69) is 12.2 Å². The smallest absolute Gasteiger partial charge is 0.0700 e. The van der Waals surface area contributed by atoms with Crippen LogP contribution in [0, 0.1) is 0 Å². The second-order valence-corrected chi connectivity index (χ2v) is 4.51. The molecule has 1 rings (SSSR count). The standard InChI is InChI=1S/C13H27NO2/c1-2-3-9-15-11-12-16-10-5-7-13-6-4-8-14-13/h13-14H,2-12H2,1H3. The molecule has 1 aliphatic heterocycles. The van der Waals surface area contributed by atoms with Gasteiger partial charge in [0.1, 0.15) is 0 Å². The van der Waals surface area contributed by atoms with Crippen molar-refractivity contribution in [2.75, 3.05) is 33.0 Å². The molecule has 3 nitrogen and oxygen atoms in total. The van der Waals surface area contributed by atoms with E-state index < -0.39 is 0 Å². The van der Waals surface area contributed by atoms with Crippen molar-refractivity contribution in [2.24, 2.45) is 0 Å². The molecule has 1 heterocycles. The Labute approximate surface area is 99.9 Å². The normalized spacial score (nSPS) is 20.4. The van der Waals surface area contributed by atoms with Gasteiger partial charge in [0, 0.05) is 19.3 Å². The fourth-order valence-corrected chi connectivity index (χ4v) is 2.00. The van der Waals surface area contributed by atoms with E-state index in [-0.39, 0.29) is 0 Å². The molecule has 1 N–H and O–H groups in total. The lowest BCUT2D eigenvalue weighted by Gasteiger charge is -2.09. The summed E-state index contributed by atoms with van der Waals surface area (Å²) in [5.74, 6) is 0. The van der Waals surface area contributed by atoms with Crippen LogP contribution in [-0.2, 0) is 9.47 Å². The van der Waals surface area contributed by atoms with Gasteiger partial charge >= 0.3 is 0 Å². The van der Waals surface area contributed by atoms with Crippen molar-refractivity contribution >= 4 is 0 Å². The summed E-state index contributed by atoms with van der Waals surface area (Å²) in [7, 11) is 0. The number of hydrogen-bond donors (Lipinski definition) is 1. The molecule has 1 fully saturated rings. The summed E-state index contributed by atoms with van der Waals surface area (Å²) < 4.78 is 10.9. The van der Waals surface area contributed by atoms with Gasteiger partial charge in [-0.3, -0.25) is 0 Å². The van der Waals surface area contributed by atoms with Gasteiger partial charge in [-0.1, -0.05) is 13.3 Å². The zero-order valence-electron chi connectivity index (χ0n) is 10.7. The molecule has 0 radical (unpaired) electrons. The van der Waals surface area contributed by atoms with Crippen molar-refractivity contribution < 1.29 is 9.47 Å². The molecule has 0 aromatic carbocycles. The number of nitrogens with one attached hydrogen (secondary N) is 1. The van der Waals surface area contributed by atoms with E-state index >= 15 is 0 Å². The molecule has 0 aromatic rings. The monoisotopic (exact) mass is 229 g/mol. The minimum absolute atomic E-state index is 0.752. The molecule has 1 unspecified atom stereocenters. The highest BCUT2D eigenvalue weighted by Crippen LogP contribution is 2.10. The Morgan fingerprint density at radius 1 is 1.06 bits per heavy atom. The Kier molecular flexibility index (Phi) is 8.77. The van der Waals surface area contributed by atoms with E-state index in [4.69, 9.17) is 9.47 Å². The van der Waals surface area contributed by atoms with Gasteiger partial charge in [-0.05, 0) is 38.6 Å². The maximum atomic E-state index is 5.52. The molecular formula is C13H27NO2.